The van der Waals surface area contributed by atoms with Crippen molar-refractivity contribution in [3.05, 3.63) is 58.7 Å². The Hall–Kier alpha value is -1.79. The van der Waals surface area contributed by atoms with Gasteiger partial charge in [0.2, 0.25) is 0 Å². The van der Waals surface area contributed by atoms with Crippen LogP contribution in [0.5, 0.6) is 0 Å². The molecule has 44 heavy (non-hydrogen) atoms. The topological polar surface area (TPSA) is 48.0 Å². The molecule has 0 radical (unpaired) electrons. The molecule has 2 heterocycles. The predicted octanol–water partition coefficient (Wildman–Crippen LogP) is 7.55. The molecule has 240 valence electrons. The number of allylic oxidation sites excluding steroid dienone is 3. The molecule has 6 aliphatic rings. The fourth-order valence-corrected chi connectivity index (χ4v) is 10.9. The van der Waals surface area contributed by atoms with Crippen molar-refractivity contribution in [2.24, 2.45) is 35.0 Å². The summed E-state index contributed by atoms with van der Waals surface area (Å²) >= 11 is 0. The minimum absolute atomic E-state index is 0.0401. The third-order valence-corrected chi connectivity index (χ3v) is 13.2. The van der Waals surface area contributed by atoms with Crippen LogP contribution < -0.4 is 0 Å². The van der Waals surface area contributed by atoms with Gasteiger partial charge in [-0.2, -0.15) is 0 Å². The lowest BCUT2D eigenvalue weighted by atomic mass is 9.56. The van der Waals surface area contributed by atoms with Gasteiger partial charge in [-0.25, -0.2) is 0 Å². The number of piperidine rings is 1. The summed E-state index contributed by atoms with van der Waals surface area (Å²) in [4.78, 5) is 15.0. The van der Waals surface area contributed by atoms with Crippen molar-refractivity contribution in [3.63, 3.8) is 0 Å². The van der Waals surface area contributed by atoms with Crippen molar-refractivity contribution in [1.29, 1.82) is 0 Å². The van der Waals surface area contributed by atoms with E-state index in [0.717, 1.165) is 51.3 Å². The molecule has 5 heteroatoms. The summed E-state index contributed by atoms with van der Waals surface area (Å²) in [5.74, 6) is 3.71. The number of hydrogen-bond donors (Lipinski definition) is 0. The van der Waals surface area contributed by atoms with Crippen LogP contribution in [0.15, 0.2) is 53.1 Å². The van der Waals surface area contributed by atoms with Crippen molar-refractivity contribution >= 4 is 5.78 Å². The SMILES string of the molecule is CC1=C2C[C@H]3[C@@H](CCC4=CC(=O)CC[C@@]43C)[C@@H]2CCC2(C1)O[C@@H]1C[C@H](C)CN(CCOCCOCc3ccccc3)[C@H]1[C@H]2C. The number of fused-ring (bicyclic) bond motifs is 6. The van der Waals surface area contributed by atoms with Crippen molar-refractivity contribution < 1.29 is 19.0 Å². The molecule has 9 atom stereocenters. The van der Waals surface area contributed by atoms with Crippen molar-refractivity contribution in [2.45, 2.75) is 110 Å². The van der Waals surface area contributed by atoms with E-state index in [1.54, 1.807) is 11.1 Å². The van der Waals surface area contributed by atoms with Crippen LogP contribution in [0.25, 0.3) is 0 Å². The summed E-state index contributed by atoms with van der Waals surface area (Å²) in [6.45, 7) is 14.6. The van der Waals surface area contributed by atoms with Crippen LogP contribution >= 0.6 is 0 Å². The highest BCUT2D eigenvalue weighted by atomic mass is 16.5. The lowest BCUT2D eigenvalue weighted by Gasteiger charge is -2.48. The van der Waals surface area contributed by atoms with Gasteiger partial charge in [-0.3, -0.25) is 9.69 Å². The number of ether oxygens (including phenoxy) is 3. The molecule has 1 aromatic rings. The normalized spacial score (nSPS) is 40.3. The van der Waals surface area contributed by atoms with Crippen LogP contribution in [0.4, 0.5) is 0 Å². The summed E-state index contributed by atoms with van der Waals surface area (Å²) in [5.41, 5.74) is 6.27. The van der Waals surface area contributed by atoms with Crippen molar-refractivity contribution in [1.82, 2.24) is 4.90 Å². The van der Waals surface area contributed by atoms with E-state index in [4.69, 9.17) is 14.2 Å². The summed E-state index contributed by atoms with van der Waals surface area (Å²) < 4.78 is 19.2. The first-order valence-electron chi connectivity index (χ1n) is 17.8. The van der Waals surface area contributed by atoms with Gasteiger partial charge in [0.25, 0.3) is 0 Å². The average molecular weight is 602 g/mol. The van der Waals surface area contributed by atoms with Gasteiger partial charge in [-0.15, -0.1) is 0 Å². The van der Waals surface area contributed by atoms with Crippen LogP contribution in [-0.2, 0) is 25.6 Å². The van der Waals surface area contributed by atoms with E-state index < -0.39 is 0 Å². The number of carbonyl (C=O) groups excluding carboxylic acids is 1. The van der Waals surface area contributed by atoms with Crippen LogP contribution in [0.2, 0.25) is 0 Å². The Kier molecular flexibility index (Phi) is 8.71. The molecular formula is C39H55NO4. The summed E-state index contributed by atoms with van der Waals surface area (Å²) in [6.07, 6.45) is 12.5. The van der Waals surface area contributed by atoms with E-state index in [0.29, 0.717) is 61.4 Å². The van der Waals surface area contributed by atoms with Gasteiger partial charge in [-0.05, 0) is 99.0 Å². The Balaban J connectivity index is 0.988. The first-order valence-corrected chi connectivity index (χ1v) is 17.8. The van der Waals surface area contributed by atoms with Crippen LogP contribution in [0, 0.1) is 35.0 Å². The average Bonchev–Trinajstić information content (AvgIpc) is 3.47. The van der Waals surface area contributed by atoms with Gasteiger partial charge in [0.1, 0.15) is 0 Å². The largest absolute Gasteiger partial charge is 0.378 e. The summed E-state index contributed by atoms with van der Waals surface area (Å²) in [5, 5.41) is 0. The molecule has 0 aromatic heterocycles. The molecule has 0 N–H and O–H groups in total. The van der Waals surface area contributed by atoms with Gasteiger partial charge < -0.3 is 14.2 Å². The monoisotopic (exact) mass is 601 g/mol. The Labute approximate surface area is 265 Å². The number of rotatable bonds is 8. The van der Waals surface area contributed by atoms with E-state index in [1.807, 2.05) is 12.1 Å². The molecule has 2 saturated carbocycles. The molecule has 4 fully saturated rings. The minimum Gasteiger partial charge on any atom is -0.378 e. The maximum Gasteiger partial charge on any atom is 0.155 e. The Morgan fingerprint density at radius 1 is 1.02 bits per heavy atom. The minimum atomic E-state index is -0.0401. The second-order valence-electron chi connectivity index (χ2n) is 15.7. The number of hydrogen-bond acceptors (Lipinski definition) is 5. The molecule has 4 aliphatic carbocycles. The lowest BCUT2D eigenvalue weighted by Crippen LogP contribution is -2.52. The van der Waals surface area contributed by atoms with Gasteiger partial charge in [0.05, 0.1) is 38.1 Å². The highest BCUT2D eigenvalue weighted by Crippen LogP contribution is 2.64. The molecule has 0 amide bonds. The summed E-state index contributed by atoms with van der Waals surface area (Å²) in [6, 6.07) is 10.8. The maximum atomic E-state index is 12.3. The highest BCUT2D eigenvalue weighted by Gasteiger charge is 2.59. The molecule has 1 unspecified atom stereocenters. The van der Waals surface area contributed by atoms with Crippen molar-refractivity contribution in [3.8, 4) is 0 Å². The van der Waals surface area contributed by atoms with E-state index in [-0.39, 0.29) is 11.0 Å². The van der Waals surface area contributed by atoms with Gasteiger partial charge in [-0.1, -0.05) is 67.8 Å². The Morgan fingerprint density at radius 2 is 1.84 bits per heavy atom. The Bertz CT molecular complexity index is 1270. The standard InChI is InChI=1S/C39H55NO4/c1-26-20-36-37(40(24-26)16-17-42-18-19-43-25-29-8-6-5-7-9-29)28(3)39(44-36)15-13-32-33-11-10-30-21-31(41)12-14-38(30,4)35(33)22-34(32)27(2)23-39/h5-9,21,26,28,32-33,35-37H,10-20,22-25H2,1-4H3/t26-,28+,32-,33-,35-,36+,37-,38-,39?/m0/s1. The highest BCUT2D eigenvalue weighted by molar-refractivity contribution is 5.91. The molecule has 5 nitrogen and oxygen atoms in total. The van der Waals surface area contributed by atoms with Crippen LogP contribution in [0.1, 0.15) is 91.0 Å². The molecular weight excluding hydrogens is 546 g/mol. The van der Waals surface area contributed by atoms with Crippen LogP contribution in [-0.4, -0.2) is 61.3 Å². The third-order valence-electron chi connectivity index (χ3n) is 13.2. The zero-order chi connectivity index (χ0) is 30.5. The number of benzene rings is 1. The smallest absolute Gasteiger partial charge is 0.155 e. The van der Waals surface area contributed by atoms with E-state index in [2.05, 4.69) is 56.9 Å². The molecule has 7 rings (SSSR count). The quantitative estimate of drug-likeness (QED) is 0.228. The predicted molar refractivity (Wildman–Crippen MR) is 174 cm³/mol. The van der Waals surface area contributed by atoms with Gasteiger partial charge in [0.15, 0.2) is 5.78 Å². The fraction of sp³-hybridized carbons (Fsp3) is 0.718. The zero-order valence-electron chi connectivity index (χ0n) is 27.7. The Morgan fingerprint density at radius 3 is 2.68 bits per heavy atom. The van der Waals surface area contributed by atoms with E-state index in [9.17, 15) is 4.79 Å². The third kappa shape index (κ3) is 5.58. The number of nitrogens with zero attached hydrogens (tertiary/aromatic N) is 1. The molecule has 1 spiro atoms. The van der Waals surface area contributed by atoms with E-state index in [1.165, 1.54) is 43.2 Å². The van der Waals surface area contributed by atoms with E-state index >= 15 is 0 Å². The second kappa shape index (κ2) is 12.4. The van der Waals surface area contributed by atoms with Gasteiger partial charge >= 0.3 is 0 Å². The van der Waals surface area contributed by atoms with Crippen molar-refractivity contribution in [2.75, 3.05) is 32.9 Å². The molecule has 0 bridgehead atoms. The lowest BCUT2D eigenvalue weighted by molar-refractivity contribution is -0.116. The van der Waals surface area contributed by atoms with Crippen LogP contribution in [0.3, 0.4) is 0 Å². The summed E-state index contributed by atoms with van der Waals surface area (Å²) in [7, 11) is 0. The molecule has 2 saturated heterocycles. The number of ketones is 1. The number of likely N-dealkylation sites (tertiary alicyclic amines) is 1. The first kappa shape index (κ1) is 30.8. The first-order chi connectivity index (χ1) is 21.3. The second-order valence-corrected chi connectivity index (χ2v) is 15.7. The maximum absolute atomic E-state index is 12.3. The molecule has 1 aromatic carbocycles. The number of carbonyl (C=O) groups is 1. The van der Waals surface area contributed by atoms with Gasteiger partial charge in [0, 0.05) is 31.5 Å². The molecule has 2 aliphatic heterocycles. The fourth-order valence-electron chi connectivity index (χ4n) is 10.9. The zero-order valence-corrected chi connectivity index (χ0v) is 27.7.